The molecule has 1 aromatic rings. The van der Waals surface area contributed by atoms with Crippen molar-refractivity contribution in [3.63, 3.8) is 0 Å². The van der Waals surface area contributed by atoms with Crippen LogP contribution in [-0.4, -0.2) is 15.8 Å². The van der Waals surface area contributed by atoms with Gasteiger partial charge in [-0.15, -0.1) is 6.58 Å². The molecule has 1 saturated carbocycles. The van der Waals surface area contributed by atoms with Crippen LogP contribution in [-0.2, 0) is 0 Å². The maximum atomic E-state index is 10.5. The molecule has 1 aliphatic rings. The third-order valence-corrected chi connectivity index (χ3v) is 4.92. The van der Waals surface area contributed by atoms with Crippen LogP contribution in [0.4, 0.5) is 0 Å². The summed E-state index contributed by atoms with van der Waals surface area (Å²) >= 11 is 0. The van der Waals surface area contributed by atoms with Crippen molar-refractivity contribution < 1.29 is 10.2 Å². The molecule has 2 N–H and O–H groups in total. The van der Waals surface area contributed by atoms with Crippen LogP contribution in [0.1, 0.15) is 51.5 Å². The Morgan fingerprint density at radius 3 is 2.40 bits per heavy atom. The lowest BCUT2D eigenvalue weighted by Gasteiger charge is -2.46. The van der Waals surface area contributed by atoms with E-state index in [1.54, 1.807) is 12.1 Å². The number of hydrogen-bond acceptors (Lipinski definition) is 2. The second kappa shape index (κ2) is 5.25. The standard InChI is InChI=1S/C18H26O2/c1-5-18(4)11-10-16(17(2,3)20)15(12-18)13-6-8-14(19)9-7-13/h5-9,15-16,19-20H,1,10-12H2,2-4H3/t15-,16+,18-/m1/s1. The normalized spacial score (nSPS) is 31.0. The van der Waals surface area contributed by atoms with Gasteiger partial charge in [-0.2, -0.15) is 0 Å². The number of allylic oxidation sites excluding steroid dienone is 1. The van der Waals surface area contributed by atoms with Gasteiger partial charge in [0, 0.05) is 0 Å². The average Bonchev–Trinajstić information content (AvgIpc) is 2.38. The molecule has 0 bridgehead atoms. The molecule has 1 aliphatic carbocycles. The summed E-state index contributed by atoms with van der Waals surface area (Å²) in [4.78, 5) is 0. The zero-order valence-corrected chi connectivity index (χ0v) is 12.8. The highest BCUT2D eigenvalue weighted by Crippen LogP contribution is 2.50. The van der Waals surface area contributed by atoms with Gasteiger partial charge in [-0.1, -0.05) is 25.1 Å². The minimum Gasteiger partial charge on any atom is -0.508 e. The molecule has 0 radical (unpaired) electrons. The van der Waals surface area contributed by atoms with E-state index in [1.807, 2.05) is 26.0 Å². The first-order valence-electron chi connectivity index (χ1n) is 7.40. The van der Waals surface area contributed by atoms with Gasteiger partial charge in [-0.25, -0.2) is 0 Å². The second-order valence-electron chi connectivity index (χ2n) is 7.06. The number of phenolic OH excluding ortho intramolecular Hbond substituents is 1. The van der Waals surface area contributed by atoms with Gasteiger partial charge < -0.3 is 10.2 Å². The molecule has 0 aromatic heterocycles. The van der Waals surface area contributed by atoms with E-state index in [9.17, 15) is 10.2 Å². The molecule has 3 atom stereocenters. The van der Waals surface area contributed by atoms with Crippen LogP contribution in [0.3, 0.4) is 0 Å². The number of benzene rings is 1. The molecule has 1 fully saturated rings. The van der Waals surface area contributed by atoms with Crippen molar-refractivity contribution >= 4 is 0 Å². The third-order valence-electron chi connectivity index (χ3n) is 4.92. The summed E-state index contributed by atoms with van der Waals surface area (Å²) in [6.07, 6.45) is 5.12. The predicted molar refractivity (Wildman–Crippen MR) is 82.8 cm³/mol. The third kappa shape index (κ3) is 3.06. The summed E-state index contributed by atoms with van der Waals surface area (Å²) in [5, 5.41) is 20.0. The lowest BCUT2D eigenvalue weighted by atomic mass is 9.60. The van der Waals surface area contributed by atoms with Crippen LogP contribution in [0.5, 0.6) is 5.75 Å². The average molecular weight is 274 g/mol. The SMILES string of the molecule is C=C[C@]1(C)CC[C@H](C(C)(C)O)[C@@H](c2ccc(O)cc2)C1. The highest BCUT2D eigenvalue weighted by atomic mass is 16.3. The van der Waals surface area contributed by atoms with E-state index in [1.165, 1.54) is 5.56 Å². The Hall–Kier alpha value is -1.28. The molecular formula is C18H26O2. The van der Waals surface area contributed by atoms with E-state index in [-0.39, 0.29) is 17.1 Å². The quantitative estimate of drug-likeness (QED) is 0.809. The Kier molecular flexibility index (Phi) is 3.97. The summed E-state index contributed by atoms with van der Waals surface area (Å²) in [6.45, 7) is 10.0. The number of phenols is 1. The van der Waals surface area contributed by atoms with E-state index >= 15 is 0 Å². The van der Waals surface area contributed by atoms with Crippen molar-refractivity contribution in [1.29, 1.82) is 0 Å². The van der Waals surface area contributed by atoms with E-state index < -0.39 is 5.60 Å². The van der Waals surface area contributed by atoms with Crippen LogP contribution in [0.25, 0.3) is 0 Å². The largest absolute Gasteiger partial charge is 0.508 e. The molecule has 0 saturated heterocycles. The highest BCUT2D eigenvalue weighted by Gasteiger charge is 2.42. The molecule has 1 aromatic carbocycles. The molecule has 0 spiro atoms. The highest BCUT2D eigenvalue weighted by molar-refractivity contribution is 5.30. The molecule has 2 heteroatoms. The minimum absolute atomic E-state index is 0.129. The van der Waals surface area contributed by atoms with Crippen molar-refractivity contribution in [2.45, 2.75) is 51.6 Å². The Bertz CT molecular complexity index is 469. The molecule has 0 aliphatic heterocycles. The smallest absolute Gasteiger partial charge is 0.115 e. The molecule has 20 heavy (non-hydrogen) atoms. The lowest BCUT2D eigenvalue weighted by molar-refractivity contribution is -0.0236. The fraction of sp³-hybridized carbons (Fsp3) is 0.556. The number of aliphatic hydroxyl groups is 1. The van der Waals surface area contributed by atoms with Gasteiger partial charge in [-0.3, -0.25) is 0 Å². The molecule has 0 amide bonds. The molecule has 0 heterocycles. The van der Waals surface area contributed by atoms with Crippen LogP contribution in [0.15, 0.2) is 36.9 Å². The monoisotopic (exact) mass is 274 g/mol. The van der Waals surface area contributed by atoms with E-state index in [4.69, 9.17) is 0 Å². The van der Waals surface area contributed by atoms with E-state index in [0.717, 1.165) is 19.3 Å². The van der Waals surface area contributed by atoms with Crippen molar-refractivity contribution in [3.8, 4) is 5.75 Å². The molecular weight excluding hydrogens is 248 g/mol. The Labute approximate surface area is 122 Å². The summed E-state index contributed by atoms with van der Waals surface area (Å²) in [6, 6.07) is 7.42. The number of hydrogen-bond donors (Lipinski definition) is 2. The summed E-state index contributed by atoms with van der Waals surface area (Å²) < 4.78 is 0. The van der Waals surface area contributed by atoms with Crippen molar-refractivity contribution in [3.05, 3.63) is 42.5 Å². The zero-order chi connectivity index (χ0) is 15.0. The first-order valence-corrected chi connectivity index (χ1v) is 7.40. The van der Waals surface area contributed by atoms with Crippen molar-refractivity contribution in [2.24, 2.45) is 11.3 Å². The van der Waals surface area contributed by atoms with Crippen LogP contribution >= 0.6 is 0 Å². The van der Waals surface area contributed by atoms with Crippen LogP contribution in [0.2, 0.25) is 0 Å². The maximum absolute atomic E-state index is 10.5. The summed E-state index contributed by atoms with van der Waals surface area (Å²) in [7, 11) is 0. The maximum Gasteiger partial charge on any atom is 0.115 e. The zero-order valence-electron chi connectivity index (χ0n) is 12.8. The summed E-state index contributed by atoms with van der Waals surface area (Å²) in [5.74, 6) is 0.822. The Morgan fingerprint density at radius 2 is 1.90 bits per heavy atom. The van der Waals surface area contributed by atoms with Gasteiger partial charge in [0.05, 0.1) is 5.60 Å². The molecule has 2 rings (SSSR count). The van der Waals surface area contributed by atoms with Gasteiger partial charge >= 0.3 is 0 Å². The van der Waals surface area contributed by atoms with E-state index in [2.05, 4.69) is 19.6 Å². The van der Waals surface area contributed by atoms with Crippen molar-refractivity contribution in [2.75, 3.05) is 0 Å². The number of aromatic hydroxyl groups is 1. The second-order valence-corrected chi connectivity index (χ2v) is 7.06. The summed E-state index contributed by atoms with van der Waals surface area (Å²) in [5.41, 5.74) is 0.637. The first kappa shape index (κ1) is 15.1. The lowest BCUT2D eigenvalue weighted by Crippen LogP contribution is -2.41. The first-order chi connectivity index (χ1) is 9.25. The predicted octanol–water partition coefficient (Wildman–Crippen LogP) is 4.24. The molecule has 0 unspecified atom stereocenters. The van der Waals surface area contributed by atoms with Gasteiger partial charge in [0.1, 0.15) is 5.75 Å². The fourth-order valence-electron chi connectivity index (χ4n) is 3.54. The van der Waals surface area contributed by atoms with Gasteiger partial charge in [-0.05, 0) is 68.1 Å². The van der Waals surface area contributed by atoms with Gasteiger partial charge in [0.15, 0.2) is 0 Å². The molecule has 110 valence electrons. The van der Waals surface area contributed by atoms with Gasteiger partial charge in [0.2, 0.25) is 0 Å². The minimum atomic E-state index is -0.689. The Balaban J connectivity index is 2.35. The number of rotatable bonds is 3. The van der Waals surface area contributed by atoms with Crippen molar-refractivity contribution in [1.82, 2.24) is 0 Å². The van der Waals surface area contributed by atoms with Crippen LogP contribution < -0.4 is 0 Å². The van der Waals surface area contributed by atoms with Gasteiger partial charge in [0.25, 0.3) is 0 Å². The van der Waals surface area contributed by atoms with E-state index in [0.29, 0.717) is 5.92 Å². The fourth-order valence-corrected chi connectivity index (χ4v) is 3.54. The Morgan fingerprint density at radius 1 is 1.30 bits per heavy atom. The van der Waals surface area contributed by atoms with Crippen LogP contribution in [0, 0.1) is 11.3 Å². The molecule has 2 nitrogen and oxygen atoms in total. The topological polar surface area (TPSA) is 40.5 Å².